The SMILES string of the molecule is CCCCNC(=O)C(C)N(Cc1ccc(F)cc1)C(=O)CCc1ccc(OC)c(OC)c1. The van der Waals surface area contributed by atoms with Crippen LogP contribution in [0.25, 0.3) is 0 Å². The van der Waals surface area contributed by atoms with Gasteiger partial charge < -0.3 is 19.7 Å². The lowest BCUT2D eigenvalue weighted by molar-refractivity contribution is -0.140. The van der Waals surface area contributed by atoms with E-state index in [2.05, 4.69) is 5.32 Å². The number of aryl methyl sites for hydroxylation is 1. The Kier molecular flexibility index (Phi) is 9.98. The van der Waals surface area contributed by atoms with Crippen LogP contribution >= 0.6 is 0 Å². The fourth-order valence-corrected chi connectivity index (χ4v) is 3.34. The molecule has 2 amide bonds. The predicted octanol–water partition coefficient (Wildman–Crippen LogP) is 4.11. The fourth-order valence-electron chi connectivity index (χ4n) is 3.34. The summed E-state index contributed by atoms with van der Waals surface area (Å²) in [6.45, 7) is 4.57. The van der Waals surface area contributed by atoms with Crippen LogP contribution in [-0.2, 0) is 22.6 Å². The van der Waals surface area contributed by atoms with Gasteiger partial charge in [-0.2, -0.15) is 0 Å². The standard InChI is InChI=1S/C25H33FN2O4/c1-5-6-15-27-25(30)18(2)28(17-20-7-11-21(26)12-8-20)24(29)14-10-19-9-13-22(31-3)23(16-19)32-4/h7-9,11-13,16,18H,5-6,10,14-15,17H2,1-4H3,(H,27,30). The highest BCUT2D eigenvalue weighted by Gasteiger charge is 2.25. The molecular weight excluding hydrogens is 411 g/mol. The highest BCUT2D eigenvalue weighted by molar-refractivity contribution is 5.87. The molecule has 2 aromatic rings. The lowest BCUT2D eigenvalue weighted by Crippen LogP contribution is -2.47. The number of amides is 2. The van der Waals surface area contributed by atoms with Crippen molar-refractivity contribution in [3.05, 3.63) is 59.4 Å². The van der Waals surface area contributed by atoms with Crippen LogP contribution in [-0.4, -0.2) is 43.5 Å². The van der Waals surface area contributed by atoms with Gasteiger partial charge in [0.25, 0.3) is 0 Å². The van der Waals surface area contributed by atoms with E-state index in [1.54, 1.807) is 44.2 Å². The Hall–Kier alpha value is -3.09. The van der Waals surface area contributed by atoms with Gasteiger partial charge in [0.15, 0.2) is 11.5 Å². The van der Waals surface area contributed by atoms with E-state index >= 15 is 0 Å². The Morgan fingerprint density at radius 1 is 1.03 bits per heavy atom. The van der Waals surface area contributed by atoms with Crippen LogP contribution < -0.4 is 14.8 Å². The molecule has 0 aliphatic rings. The Morgan fingerprint density at radius 3 is 2.31 bits per heavy atom. The topological polar surface area (TPSA) is 67.9 Å². The Bertz CT molecular complexity index is 886. The minimum atomic E-state index is -0.644. The average molecular weight is 445 g/mol. The first-order valence-corrected chi connectivity index (χ1v) is 10.9. The van der Waals surface area contributed by atoms with Crippen molar-refractivity contribution in [2.45, 2.75) is 52.1 Å². The van der Waals surface area contributed by atoms with Gasteiger partial charge >= 0.3 is 0 Å². The molecule has 0 saturated heterocycles. The number of rotatable bonds is 12. The van der Waals surface area contributed by atoms with Gasteiger partial charge in [-0.1, -0.05) is 31.5 Å². The molecule has 0 radical (unpaired) electrons. The van der Waals surface area contributed by atoms with Crippen LogP contribution in [0.1, 0.15) is 44.2 Å². The maximum absolute atomic E-state index is 13.3. The van der Waals surface area contributed by atoms with E-state index in [-0.39, 0.29) is 30.6 Å². The maximum Gasteiger partial charge on any atom is 0.242 e. The van der Waals surface area contributed by atoms with Gasteiger partial charge in [0.05, 0.1) is 14.2 Å². The van der Waals surface area contributed by atoms with Gasteiger partial charge in [-0.3, -0.25) is 9.59 Å². The van der Waals surface area contributed by atoms with E-state index < -0.39 is 6.04 Å². The summed E-state index contributed by atoms with van der Waals surface area (Å²) in [5.41, 5.74) is 1.69. The Balaban J connectivity index is 2.13. The number of halogens is 1. The van der Waals surface area contributed by atoms with Crippen molar-refractivity contribution in [1.29, 1.82) is 0 Å². The molecule has 1 atom stereocenters. The minimum Gasteiger partial charge on any atom is -0.493 e. The second-order valence-electron chi connectivity index (χ2n) is 7.66. The van der Waals surface area contributed by atoms with Crippen molar-refractivity contribution in [3.63, 3.8) is 0 Å². The van der Waals surface area contributed by atoms with Crippen LogP contribution in [0.2, 0.25) is 0 Å². The monoisotopic (exact) mass is 444 g/mol. The van der Waals surface area contributed by atoms with Crippen LogP contribution in [0.3, 0.4) is 0 Å². The predicted molar refractivity (Wildman–Crippen MR) is 122 cm³/mol. The summed E-state index contributed by atoms with van der Waals surface area (Å²) in [7, 11) is 3.14. The minimum absolute atomic E-state index is 0.151. The van der Waals surface area contributed by atoms with Gasteiger partial charge in [0, 0.05) is 19.5 Å². The average Bonchev–Trinajstić information content (AvgIpc) is 2.81. The maximum atomic E-state index is 13.3. The first kappa shape index (κ1) is 25.2. The molecule has 0 spiro atoms. The summed E-state index contributed by atoms with van der Waals surface area (Å²) in [6.07, 6.45) is 2.56. The molecule has 0 saturated carbocycles. The Labute approximate surface area is 189 Å². The van der Waals surface area contributed by atoms with Crippen molar-refractivity contribution in [1.82, 2.24) is 10.2 Å². The number of carbonyl (C=O) groups excluding carboxylic acids is 2. The highest BCUT2D eigenvalue weighted by atomic mass is 19.1. The van der Waals surface area contributed by atoms with E-state index in [9.17, 15) is 14.0 Å². The zero-order valence-corrected chi connectivity index (χ0v) is 19.3. The second kappa shape index (κ2) is 12.7. The van der Waals surface area contributed by atoms with Gasteiger partial charge in [-0.05, 0) is 55.2 Å². The molecule has 0 heterocycles. The zero-order chi connectivity index (χ0) is 23.5. The summed E-state index contributed by atoms with van der Waals surface area (Å²) in [4.78, 5) is 27.3. The number of nitrogens with one attached hydrogen (secondary N) is 1. The number of unbranched alkanes of at least 4 members (excludes halogenated alkanes) is 1. The number of nitrogens with zero attached hydrogens (tertiary/aromatic N) is 1. The molecule has 0 fully saturated rings. The molecular formula is C25H33FN2O4. The van der Waals surface area contributed by atoms with Gasteiger partial charge in [0.1, 0.15) is 11.9 Å². The van der Waals surface area contributed by atoms with Crippen molar-refractivity contribution in [2.75, 3.05) is 20.8 Å². The molecule has 0 bridgehead atoms. The normalized spacial score (nSPS) is 11.5. The lowest BCUT2D eigenvalue weighted by Gasteiger charge is -2.29. The summed E-state index contributed by atoms with van der Waals surface area (Å²) >= 11 is 0. The summed E-state index contributed by atoms with van der Waals surface area (Å²) < 4.78 is 23.9. The van der Waals surface area contributed by atoms with E-state index in [4.69, 9.17) is 9.47 Å². The molecule has 32 heavy (non-hydrogen) atoms. The quantitative estimate of drug-likeness (QED) is 0.501. The number of carbonyl (C=O) groups is 2. The second-order valence-corrected chi connectivity index (χ2v) is 7.66. The van der Waals surface area contributed by atoms with Gasteiger partial charge in [-0.15, -0.1) is 0 Å². The number of hydrogen-bond acceptors (Lipinski definition) is 4. The molecule has 174 valence electrons. The third kappa shape index (κ3) is 7.25. The summed E-state index contributed by atoms with van der Waals surface area (Å²) in [5.74, 6) is 0.537. The molecule has 0 aliphatic heterocycles. The molecule has 7 heteroatoms. The highest BCUT2D eigenvalue weighted by Crippen LogP contribution is 2.28. The first-order chi connectivity index (χ1) is 15.4. The van der Waals surface area contributed by atoms with E-state index in [1.165, 1.54) is 12.1 Å². The van der Waals surface area contributed by atoms with Crippen molar-refractivity contribution in [2.24, 2.45) is 0 Å². The first-order valence-electron chi connectivity index (χ1n) is 10.9. The van der Waals surface area contributed by atoms with Gasteiger partial charge in [-0.25, -0.2) is 4.39 Å². The molecule has 1 N–H and O–H groups in total. The van der Waals surface area contributed by atoms with E-state index in [0.29, 0.717) is 24.5 Å². The fraction of sp³-hybridized carbons (Fsp3) is 0.440. The third-order valence-electron chi connectivity index (χ3n) is 5.34. The smallest absolute Gasteiger partial charge is 0.242 e. The van der Waals surface area contributed by atoms with Crippen LogP contribution in [0, 0.1) is 5.82 Å². The Morgan fingerprint density at radius 2 is 1.69 bits per heavy atom. The molecule has 2 rings (SSSR count). The molecule has 2 aromatic carbocycles. The summed E-state index contributed by atoms with van der Waals surface area (Å²) in [5, 5.41) is 2.89. The molecule has 1 unspecified atom stereocenters. The van der Waals surface area contributed by atoms with Crippen LogP contribution in [0.4, 0.5) is 4.39 Å². The largest absolute Gasteiger partial charge is 0.493 e. The zero-order valence-electron chi connectivity index (χ0n) is 19.3. The van der Waals surface area contributed by atoms with Crippen LogP contribution in [0.15, 0.2) is 42.5 Å². The molecule has 0 aliphatic carbocycles. The molecule has 6 nitrogen and oxygen atoms in total. The molecule has 0 aromatic heterocycles. The van der Waals surface area contributed by atoms with E-state index in [1.807, 2.05) is 19.1 Å². The lowest BCUT2D eigenvalue weighted by atomic mass is 10.1. The number of methoxy groups -OCH3 is 2. The van der Waals surface area contributed by atoms with Crippen molar-refractivity contribution < 1.29 is 23.5 Å². The number of ether oxygens (including phenoxy) is 2. The van der Waals surface area contributed by atoms with Crippen molar-refractivity contribution in [3.8, 4) is 11.5 Å². The van der Waals surface area contributed by atoms with Crippen molar-refractivity contribution >= 4 is 11.8 Å². The van der Waals surface area contributed by atoms with Crippen LogP contribution in [0.5, 0.6) is 11.5 Å². The third-order valence-corrected chi connectivity index (χ3v) is 5.34. The summed E-state index contributed by atoms with van der Waals surface area (Å²) in [6, 6.07) is 10.9. The number of benzene rings is 2. The number of hydrogen-bond donors (Lipinski definition) is 1. The van der Waals surface area contributed by atoms with E-state index in [0.717, 1.165) is 24.0 Å². The van der Waals surface area contributed by atoms with Gasteiger partial charge in [0.2, 0.25) is 11.8 Å².